The van der Waals surface area contributed by atoms with E-state index in [0.29, 0.717) is 49.7 Å². The Morgan fingerprint density at radius 3 is 2.96 bits per heavy atom. The normalized spacial score (nSPS) is 22.8. The Morgan fingerprint density at radius 2 is 2.19 bits per heavy atom. The lowest BCUT2D eigenvalue weighted by atomic mass is 9.88. The first kappa shape index (κ1) is 18.5. The third-order valence-corrected chi connectivity index (χ3v) is 4.93. The van der Waals surface area contributed by atoms with Crippen LogP contribution in [-0.2, 0) is 9.47 Å². The van der Waals surface area contributed by atoms with Crippen molar-refractivity contribution >= 4 is 23.5 Å². The van der Waals surface area contributed by atoms with Gasteiger partial charge in [0, 0.05) is 17.9 Å². The first-order valence-corrected chi connectivity index (χ1v) is 9.34. The molecule has 26 heavy (non-hydrogen) atoms. The summed E-state index contributed by atoms with van der Waals surface area (Å²) in [6, 6.07) is 6.86. The predicted octanol–water partition coefficient (Wildman–Crippen LogP) is 3.36. The van der Waals surface area contributed by atoms with E-state index < -0.39 is 0 Å². The molecule has 1 saturated carbocycles. The van der Waals surface area contributed by atoms with E-state index in [0.717, 1.165) is 6.42 Å². The SMILES string of the molecule is C[C@@H]1CCCC[C@@H]1OCCNC(=O)Nc1cccc(N2CCOC2=O)c1. The molecule has 3 amide bonds. The zero-order valence-corrected chi connectivity index (χ0v) is 15.2. The summed E-state index contributed by atoms with van der Waals surface area (Å²) in [5, 5.41) is 5.59. The lowest BCUT2D eigenvalue weighted by Crippen LogP contribution is -2.34. The summed E-state index contributed by atoms with van der Waals surface area (Å²) < 4.78 is 10.8. The maximum absolute atomic E-state index is 12.0. The summed E-state index contributed by atoms with van der Waals surface area (Å²) in [5.41, 5.74) is 1.33. The number of urea groups is 1. The average Bonchev–Trinajstić information content (AvgIpc) is 3.06. The second-order valence-corrected chi connectivity index (χ2v) is 6.87. The van der Waals surface area contributed by atoms with Gasteiger partial charge in [0.2, 0.25) is 0 Å². The van der Waals surface area contributed by atoms with Crippen LogP contribution < -0.4 is 15.5 Å². The Balaban J connectivity index is 1.41. The fourth-order valence-electron chi connectivity index (χ4n) is 3.46. The third kappa shape index (κ3) is 4.88. The highest BCUT2D eigenvalue weighted by molar-refractivity contribution is 5.93. The van der Waals surface area contributed by atoms with E-state index in [1.807, 2.05) is 6.07 Å². The number of anilines is 2. The third-order valence-electron chi connectivity index (χ3n) is 4.93. The molecule has 2 N–H and O–H groups in total. The average molecular weight is 361 g/mol. The molecule has 2 fully saturated rings. The predicted molar refractivity (Wildman–Crippen MR) is 99.5 cm³/mol. The largest absolute Gasteiger partial charge is 0.447 e. The van der Waals surface area contributed by atoms with Crippen LogP contribution in [0.1, 0.15) is 32.6 Å². The minimum Gasteiger partial charge on any atom is -0.447 e. The minimum absolute atomic E-state index is 0.286. The molecule has 0 bridgehead atoms. The molecule has 0 aromatic heterocycles. The van der Waals surface area contributed by atoms with Gasteiger partial charge in [0.15, 0.2) is 0 Å². The number of hydrogen-bond acceptors (Lipinski definition) is 4. The molecule has 142 valence electrons. The second-order valence-electron chi connectivity index (χ2n) is 6.87. The molecule has 0 spiro atoms. The smallest absolute Gasteiger partial charge is 0.414 e. The Labute approximate surface area is 154 Å². The van der Waals surface area contributed by atoms with Gasteiger partial charge in [0.1, 0.15) is 6.61 Å². The van der Waals surface area contributed by atoms with Crippen molar-refractivity contribution in [1.29, 1.82) is 0 Å². The topological polar surface area (TPSA) is 79.9 Å². The maximum atomic E-state index is 12.0. The highest BCUT2D eigenvalue weighted by Crippen LogP contribution is 2.26. The Bertz CT molecular complexity index is 637. The first-order chi connectivity index (χ1) is 12.6. The van der Waals surface area contributed by atoms with E-state index in [4.69, 9.17) is 9.47 Å². The van der Waals surface area contributed by atoms with E-state index in [-0.39, 0.29) is 12.1 Å². The summed E-state index contributed by atoms with van der Waals surface area (Å²) in [6.45, 7) is 4.12. The molecular weight excluding hydrogens is 334 g/mol. The quantitative estimate of drug-likeness (QED) is 0.762. The van der Waals surface area contributed by atoms with Crippen molar-refractivity contribution < 1.29 is 19.1 Å². The van der Waals surface area contributed by atoms with Crippen LogP contribution in [0, 0.1) is 5.92 Å². The molecule has 1 aliphatic carbocycles. The highest BCUT2D eigenvalue weighted by atomic mass is 16.6. The van der Waals surface area contributed by atoms with Crippen LogP contribution >= 0.6 is 0 Å². The fraction of sp³-hybridized carbons (Fsp3) is 0.579. The van der Waals surface area contributed by atoms with Crippen LogP contribution in [0.4, 0.5) is 21.0 Å². The van der Waals surface area contributed by atoms with Crippen LogP contribution in [0.5, 0.6) is 0 Å². The summed E-state index contributed by atoms with van der Waals surface area (Å²) in [4.78, 5) is 25.2. The number of ether oxygens (including phenoxy) is 2. The molecule has 7 nitrogen and oxygen atoms in total. The van der Waals surface area contributed by atoms with E-state index >= 15 is 0 Å². The van der Waals surface area contributed by atoms with Crippen LogP contribution in [0.25, 0.3) is 0 Å². The molecular formula is C19H27N3O4. The highest BCUT2D eigenvalue weighted by Gasteiger charge is 2.24. The van der Waals surface area contributed by atoms with Gasteiger partial charge in [-0.2, -0.15) is 0 Å². The van der Waals surface area contributed by atoms with Crippen LogP contribution in [0.3, 0.4) is 0 Å². The molecule has 2 atom stereocenters. The van der Waals surface area contributed by atoms with Gasteiger partial charge in [-0.3, -0.25) is 4.90 Å². The Hall–Kier alpha value is -2.28. The number of benzene rings is 1. The van der Waals surface area contributed by atoms with Gasteiger partial charge in [-0.25, -0.2) is 9.59 Å². The van der Waals surface area contributed by atoms with E-state index in [9.17, 15) is 9.59 Å². The van der Waals surface area contributed by atoms with Crippen LogP contribution in [0.15, 0.2) is 24.3 Å². The Kier molecular flexibility index (Phi) is 6.33. The van der Waals surface area contributed by atoms with Crippen LogP contribution in [0.2, 0.25) is 0 Å². The van der Waals surface area contributed by atoms with Gasteiger partial charge in [-0.15, -0.1) is 0 Å². The van der Waals surface area contributed by atoms with E-state index in [1.165, 1.54) is 19.3 Å². The lowest BCUT2D eigenvalue weighted by Gasteiger charge is -2.28. The summed E-state index contributed by atoms with van der Waals surface area (Å²) in [5.74, 6) is 0.595. The lowest BCUT2D eigenvalue weighted by molar-refractivity contribution is -0.00232. The first-order valence-electron chi connectivity index (χ1n) is 9.34. The zero-order valence-electron chi connectivity index (χ0n) is 15.2. The van der Waals surface area contributed by atoms with Crippen molar-refractivity contribution in [2.75, 3.05) is 36.5 Å². The number of hydrogen-bond donors (Lipinski definition) is 2. The van der Waals surface area contributed by atoms with Crippen molar-refractivity contribution in [2.24, 2.45) is 5.92 Å². The molecule has 0 unspecified atom stereocenters. The summed E-state index contributed by atoms with van der Waals surface area (Å²) in [6.07, 6.45) is 4.80. The standard InChI is InChI=1S/C19H27N3O4/c1-14-5-2-3-8-17(14)25-11-9-20-18(23)21-15-6-4-7-16(13-15)22-10-12-26-19(22)24/h4,6-7,13-14,17H,2-3,5,8-12H2,1H3,(H2,20,21,23)/t14-,17+/m1/s1. The minimum atomic E-state index is -0.360. The van der Waals surface area contributed by atoms with Crippen molar-refractivity contribution in [1.82, 2.24) is 5.32 Å². The number of carbonyl (C=O) groups is 2. The van der Waals surface area contributed by atoms with Crippen molar-refractivity contribution in [3.05, 3.63) is 24.3 Å². The molecule has 0 radical (unpaired) electrons. The maximum Gasteiger partial charge on any atom is 0.414 e. The van der Waals surface area contributed by atoms with E-state index in [2.05, 4.69) is 17.6 Å². The molecule has 2 aliphatic rings. The number of carbonyl (C=O) groups excluding carboxylic acids is 2. The number of amides is 3. The van der Waals surface area contributed by atoms with E-state index in [1.54, 1.807) is 23.1 Å². The summed E-state index contributed by atoms with van der Waals surface area (Å²) in [7, 11) is 0. The monoisotopic (exact) mass is 361 g/mol. The molecule has 3 rings (SSSR count). The molecule has 1 aliphatic heterocycles. The number of nitrogens with zero attached hydrogens (tertiary/aromatic N) is 1. The van der Waals surface area contributed by atoms with Crippen molar-refractivity contribution in [2.45, 2.75) is 38.7 Å². The van der Waals surface area contributed by atoms with Crippen molar-refractivity contribution in [3.63, 3.8) is 0 Å². The van der Waals surface area contributed by atoms with Gasteiger partial charge < -0.3 is 20.1 Å². The molecule has 1 aromatic carbocycles. The van der Waals surface area contributed by atoms with Gasteiger partial charge >= 0.3 is 12.1 Å². The molecule has 1 aromatic rings. The molecule has 1 saturated heterocycles. The number of cyclic esters (lactones) is 1. The van der Waals surface area contributed by atoms with Gasteiger partial charge in [-0.05, 0) is 37.0 Å². The summed E-state index contributed by atoms with van der Waals surface area (Å²) >= 11 is 0. The number of nitrogens with one attached hydrogen (secondary N) is 2. The molecule has 1 heterocycles. The van der Waals surface area contributed by atoms with Gasteiger partial charge in [0.25, 0.3) is 0 Å². The second kappa shape index (κ2) is 8.89. The van der Waals surface area contributed by atoms with Crippen LogP contribution in [-0.4, -0.2) is 44.5 Å². The van der Waals surface area contributed by atoms with Gasteiger partial charge in [0.05, 0.1) is 19.3 Å². The van der Waals surface area contributed by atoms with Crippen molar-refractivity contribution in [3.8, 4) is 0 Å². The Morgan fingerprint density at radius 1 is 1.35 bits per heavy atom. The van der Waals surface area contributed by atoms with Gasteiger partial charge in [-0.1, -0.05) is 25.8 Å². The zero-order chi connectivity index (χ0) is 18.4. The number of rotatable bonds is 6. The molecule has 7 heteroatoms. The fourth-order valence-corrected chi connectivity index (χ4v) is 3.46.